The number of nitrogens with two attached hydrogens (primary N) is 1. The number of nitrogens with zero attached hydrogens (tertiary/aromatic N) is 1. The zero-order valence-electron chi connectivity index (χ0n) is 9.98. The highest BCUT2D eigenvalue weighted by atomic mass is 32.1. The topological polar surface area (TPSA) is 29.3 Å². The third-order valence-electron chi connectivity index (χ3n) is 3.50. The number of likely N-dealkylation sites (tertiary alicyclic amines) is 1. The monoisotopic (exact) mass is 246 g/mol. The second-order valence-electron chi connectivity index (χ2n) is 4.73. The highest BCUT2D eigenvalue weighted by molar-refractivity contribution is 7.19. The van der Waals surface area contributed by atoms with Crippen molar-refractivity contribution in [3.8, 4) is 0 Å². The van der Waals surface area contributed by atoms with Gasteiger partial charge in [0.15, 0.2) is 0 Å². The van der Waals surface area contributed by atoms with Crippen molar-refractivity contribution in [2.75, 3.05) is 13.1 Å². The zero-order chi connectivity index (χ0) is 11.7. The van der Waals surface area contributed by atoms with E-state index in [0.29, 0.717) is 6.54 Å². The summed E-state index contributed by atoms with van der Waals surface area (Å²) < 4.78 is 1.38. The van der Waals surface area contributed by atoms with Gasteiger partial charge in [0, 0.05) is 22.7 Å². The second-order valence-corrected chi connectivity index (χ2v) is 5.90. The molecule has 0 spiro atoms. The van der Waals surface area contributed by atoms with Crippen LogP contribution in [0.3, 0.4) is 0 Å². The Balaban J connectivity index is 1.90. The van der Waals surface area contributed by atoms with Crippen LogP contribution in [0, 0.1) is 0 Å². The van der Waals surface area contributed by atoms with Crippen LogP contribution in [-0.4, -0.2) is 18.0 Å². The highest BCUT2D eigenvalue weighted by Gasteiger charge is 2.13. The van der Waals surface area contributed by atoms with Gasteiger partial charge >= 0.3 is 0 Å². The molecule has 0 atom stereocenters. The van der Waals surface area contributed by atoms with Gasteiger partial charge in [-0.25, -0.2) is 0 Å². The van der Waals surface area contributed by atoms with Gasteiger partial charge in [-0.15, -0.1) is 11.3 Å². The average Bonchev–Trinajstić information content (AvgIpc) is 2.97. The zero-order valence-corrected chi connectivity index (χ0v) is 10.8. The predicted octanol–water partition coefficient (Wildman–Crippen LogP) is 2.96. The molecule has 0 radical (unpaired) electrons. The van der Waals surface area contributed by atoms with Gasteiger partial charge in [0.1, 0.15) is 0 Å². The molecule has 2 N–H and O–H groups in total. The van der Waals surface area contributed by atoms with Gasteiger partial charge in [0.25, 0.3) is 0 Å². The van der Waals surface area contributed by atoms with Gasteiger partial charge < -0.3 is 5.73 Å². The lowest BCUT2D eigenvalue weighted by Crippen LogP contribution is -2.17. The number of rotatable bonds is 3. The molecular formula is C14H18N2S. The molecule has 1 saturated heterocycles. The van der Waals surface area contributed by atoms with Crippen LogP contribution in [0.25, 0.3) is 10.1 Å². The van der Waals surface area contributed by atoms with Crippen LogP contribution in [0.2, 0.25) is 0 Å². The van der Waals surface area contributed by atoms with Crippen LogP contribution in [0.4, 0.5) is 0 Å². The number of hydrogen-bond donors (Lipinski definition) is 1. The maximum atomic E-state index is 5.78. The van der Waals surface area contributed by atoms with Crippen molar-refractivity contribution >= 4 is 21.4 Å². The molecule has 1 aliphatic heterocycles. The maximum Gasteiger partial charge on any atom is 0.0349 e. The lowest BCUT2D eigenvalue weighted by molar-refractivity contribution is 0.334. The normalized spacial score (nSPS) is 17.0. The Morgan fingerprint density at radius 2 is 2.06 bits per heavy atom. The van der Waals surface area contributed by atoms with Gasteiger partial charge in [-0.05, 0) is 49.0 Å². The number of thiophene rings is 1. The second kappa shape index (κ2) is 4.77. The summed E-state index contributed by atoms with van der Waals surface area (Å²) >= 11 is 1.92. The minimum atomic E-state index is 0.636. The molecule has 0 amide bonds. The van der Waals surface area contributed by atoms with Crippen LogP contribution in [0.1, 0.15) is 23.3 Å². The van der Waals surface area contributed by atoms with Gasteiger partial charge in [-0.3, -0.25) is 4.90 Å². The molecule has 90 valence electrons. The van der Waals surface area contributed by atoms with E-state index in [4.69, 9.17) is 5.73 Å². The first-order valence-corrected chi connectivity index (χ1v) is 7.11. The van der Waals surface area contributed by atoms with E-state index < -0.39 is 0 Å². The summed E-state index contributed by atoms with van der Waals surface area (Å²) in [5, 5.41) is 1.36. The summed E-state index contributed by atoms with van der Waals surface area (Å²) in [6, 6.07) is 8.78. The Morgan fingerprint density at radius 1 is 1.24 bits per heavy atom. The third kappa shape index (κ3) is 2.23. The Morgan fingerprint density at radius 3 is 2.82 bits per heavy atom. The molecule has 1 aromatic carbocycles. The molecule has 1 aliphatic rings. The minimum Gasteiger partial charge on any atom is -0.326 e. The summed E-state index contributed by atoms with van der Waals surface area (Å²) in [5.74, 6) is 0. The number of fused-ring (bicyclic) bond motifs is 1. The molecule has 0 aliphatic carbocycles. The van der Waals surface area contributed by atoms with Crippen molar-refractivity contribution in [3.63, 3.8) is 0 Å². The van der Waals surface area contributed by atoms with E-state index in [2.05, 4.69) is 29.2 Å². The summed E-state index contributed by atoms with van der Waals surface area (Å²) in [6.07, 6.45) is 2.72. The van der Waals surface area contributed by atoms with Gasteiger partial charge in [-0.2, -0.15) is 0 Å². The quantitative estimate of drug-likeness (QED) is 0.902. The van der Waals surface area contributed by atoms with Crippen molar-refractivity contribution in [2.24, 2.45) is 5.73 Å². The molecule has 2 heterocycles. The van der Waals surface area contributed by atoms with Crippen molar-refractivity contribution < 1.29 is 0 Å². The molecular weight excluding hydrogens is 228 g/mol. The molecule has 3 heteroatoms. The summed E-state index contributed by atoms with van der Waals surface area (Å²) in [5.41, 5.74) is 7.05. The first-order chi connectivity index (χ1) is 8.36. The molecule has 1 aromatic heterocycles. The van der Waals surface area contributed by atoms with Crippen LogP contribution >= 0.6 is 11.3 Å². The molecule has 17 heavy (non-hydrogen) atoms. The predicted molar refractivity (Wildman–Crippen MR) is 74.2 cm³/mol. The molecule has 0 bridgehead atoms. The van der Waals surface area contributed by atoms with Gasteiger partial charge in [-0.1, -0.05) is 12.1 Å². The Bertz CT molecular complexity index is 512. The Labute approximate surface area is 106 Å². The first kappa shape index (κ1) is 11.2. The molecule has 1 fully saturated rings. The fourth-order valence-electron chi connectivity index (χ4n) is 2.59. The maximum absolute atomic E-state index is 5.78. The van der Waals surface area contributed by atoms with E-state index in [1.54, 1.807) is 0 Å². The Hall–Kier alpha value is -0.900. The van der Waals surface area contributed by atoms with Crippen molar-refractivity contribution in [3.05, 3.63) is 34.7 Å². The minimum absolute atomic E-state index is 0.636. The number of benzene rings is 1. The van der Waals surface area contributed by atoms with Crippen LogP contribution in [0.15, 0.2) is 24.3 Å². The molecule has 3 rings (SSSR count). The fourth-order valence-corrected chi connectivity index (χ4v) is 3.74. The standard InChI is InChI=1S/C14H18N2S/c15-9-11-4-3-5-14-13(11)8-12(17-14)10-16-6-1-2-7-16/h3-5,8H,1-2,6-7,9-10,15H2. The van der Waals surface area contributed by atoms with Crippen molar-refractivity contribution in [1.82, 2.24) is 4.90 Å². The van der Waals surface area contributed by atoms with Gasteiger partial charge in [0.2, 0.25) is 0 Å². The van der Waals surface area contributed by atoms with E-state index in [-0.39, 0.29) is 0 Å². The van der Waals surface area contributed by atoms with Crippen molar-refractivity contribution in [2.45, 2.75) is 25.9 Å². The smallest absolute Gasteiger partial charge is 0.0349 e. The van der Waals surface area contributed by atoms with E-state index in [1.165, 1.54) is 46.5 Å². The molecule has 0 unspecified atom stereocenters. The number of hydrogen-bond acceptors (Lipinski definition) is 3. The van der Waals surface area contributed by atoms with E-state index in [9.17, 15) is 0 Å². The third-order valence-corrected chi connectivity index (χ3v) is 4.59. The first-order valence-electron chi connectivity index (χ1n) is 6.29. The largest absolute Gasteiger partial charge is 0.326 e. The lowest BCUT2D eigenvalue weighted by Gasteiger charge is -2.12. The fraction of sp³-hybridized carbons (Fsp3) is 0.429. The summed E-state index contributed by atoms with van der Waals surface area (Å²) in [4.78, 5) is 4.02. The highest BCUT2D eigenvalue weighted by Crippen LogP contribution is 2.29. The SMILES string of the molecule is NCc1cccc2sc(CN3CCCC3)cc12. The van der Waals surface area contributed by atoms with Crippen LogP contribution in [0.5, 0.6) is 0 Å². The summed E-state index contributed by atoms with van der Waals surface area (Å²) in [7, 11) is 0. The summed E-state index contributed by atoms with van der Waals surface area (Å²) in [6.45, 7) is 4.27. The molecule has 2 aromatic rings. The molecule has 0 saturated carbocycles. The molecule has 2 nitrogen and oxygen atoms in total. The Kier molecular flexibility index (Phi) is 3.14. The van der Waals surface area contributed by atoms with Crippen LogP contribution < -0.4 is 5.73 Å². The van der Waals surface area contributed by atoms with Crippen molar-refractivity contribution in [1.29, 1.82) is 0 Å². The van der Waals surface area contributed by atoms with E-state index in [0.717, 1.165) is 6.54 Å². The van der Waals surface area contributed by atoms with E-state index in [1.807, 2.05) is 11.3 Å². The average molecular weight is 246 g/mol. The van der Waals surface area contributed by atoms with Gasteiger partial charge in [0.05, 0.1) is 0 Å². The van der Waals surface area contributed by atoms with Crippen LogP contribution in [-0.2, 0) is 13.1 Å². The van der Waals surface area contributed by atoms with E-state index >= 15 is 0 Å². The lowest BCUT2D eigenvalue weighted by atomic mass is 10.1.